The Kier molecular flexibility index (Phi) is 130. The van der Waals surface area contributed by atoms with E-state index in [1.165, 1.54) is 0 Å². The SMILES string of the molecule is C.CCCOCCOCCC.CCCOCCOCCC.CCCOCCOCCC.CCCOCCOCCC.NCCOCCOCCN.NCCOCCOCCN.[CH3+].[CH3-]. The minimum absolute atomic E-state index is 0. The lowest BCUT2D eigenvalue weighted by molar-refractivity contribution is 0.0483. The highest BCUT2D eigenvalue weighted by Gasteiger charge is 1.90. The average molecular weight is 927 g/mol. The van der Waals surface area contributed by atoms with Crippen LogP contribution in [0.4, 0.5) is 0 Å². The summed E-state index contributed by atoms with van der Waals surface area (Å²) >= 11 is 0. The van der Waals surface area contributed by atoms with E-state index in [1.807, 2.05) is 0 Å². The Bertz CT molecular complexity index is 429. The van der Waals surface area contributed by atoms with Crippen LogP contribution in [0.3, 0.4) is 0 Å². The van der Waals surface area contributed by atoms with Gasteiger partial charge in [-0.3, -0.25) is 0 Å². The Morgan fingerprint density at radius 1 is 0.206 bits per heavy atom. The maximum atomic E-state index is 5.20. The van der Waals surface area contributed by atoms with Gasteiger partial charge < -0.3 is 87.2 Å². The maximum Gasteiger partial charge on any atom is 0.0701 e. The summed E-state index contributed by atoms with van der Waals surface area (Å²) in [5, 5.41) is 0. The number of hydrogen-bond donors (Lipinski definition) is 4. The molecule has 0 rings (SSSR count). The van der Waals surface area contributed by atoms with Gasteiger partial charge in [0, 0.05) is 86.5 Å². The van der Waals surface area contributed by atoms with Gasteiger partial charge in [-0.2, -0.15) is 0 Å². The zero-order chi connectivity index (χ0) is 45.9. The highest BCUT2D eigenvalue weighted by Crippen LogP contribution is 1.86. The van der Waals surface area contributed by atoms with Gasteiger partial charge in [0.1, 0.15) is 0 Å². The van der Waals surface area contributed by atoms with Crippen LogP contribution < -0.4 is 22.9 Å². The van der Waals surface area contributed by atoms with Crippen LogP contribution in [-0.2, 0) is 56.8 Å². The van der Waals surface area contributed by atoms with Gasteiger partial charge in [0.15, 0.2) is 0 Å². The lowest BCUT2D eigenvalue weighted by Crippen LogP contribution is -2.14. The third-order valence-electron chi connectivity index (χ3n) is 6.07. The molecular weight excluding hydrogens is 813 g/mol. The number of rotatable bonds is 42. The molecule has 0 amide bonds. The molecule has 0 aromatic carbocycles. The van der Waals surface area contributed by atoms with Crippen molar-refractivity contribution in [1.82, 2.24) is 0 Å². The van der Waals surface area contributed by atoms with Crippen molar-refractivity contribution in [3.8, 4) is 0 Å². The van der Waals surface area contributed by atoms with Gasteiger partial charge in [-0.15, -0.1) is 0 Å². The van der Waals surface area contributed by atoms with Gasteiger partial charge in [0.2, 0.25) is 0 Å². The lowest BCUT2D eigenvalue weighted by Gasteiger charge is -2.02. The molecule has 0 heterocycles. The first-order chi connectivity index (χ1) is 29.5. The smallest absolute Gasteiger partial charge is 0.0701 e. The van der Waals surface area contributed by atoms with Crippen molar-refractivity contribution in [2.45, 2.75) is 114 Å². The quantitative estimate of drug-likeness (QED) is 0.0367. The molecule has 0 aliphatic heterocycles. The summed E-state index contributed by atoms with van der Waals surface area (Å²) < 4.78 is 61.8. The molecule has 0 unspecified atom stereocenters. The molecule has 0 fully saturated rings. The summed E-state index contributed by atoms with van der Waals surface area (Å²) in [6, 6.07) is 0. The molecule has 0 aliphatic carbocycles. The van der Waals surface area contributed by atoms with Crippen LogP contribution in [0.15, 0.2) is 0 Å². The standard InChI is InChI=1S/4C8H18O2.2C6H16N2O2.CH4.2CH3/c4*1-3-5-9-7-8-10-6-4-2;2*7-1-3-9-5-6-10-4-2-8;;;/h4*3-8H2,1-2H3;2*1-8H2;1H4;2*1H3/q;;;;;;;-1;+1. The van der Waals surface area contributed by atoms with Crippen molar-refractivity contribution >= 4 is 0 Å². The first kappa shape index (κ1) is 82.3. The van der Waals surface area contributed by atoms with E-state index in [0.717, 1.165) is 157 Å². The van der Waals surface area contributed by atoms with Crippen LogP contribution >= 0.6 is 0 Å². The second kappa shape index (κ2) is 99.6. The Balaban J connectivity index is -0.0000000786. The Labute approximate surface area is 392 Å². The topological polar surface area (TPSA) is 215 Å². The summed E-state index contributed by atoms with van der Waals surface area (Å²) in [5.74, 6) is 0. The van der Waals surface area contributed by atoms with Crippen LogP contribution in [-0.4, -0.2) is 185 Å². The third kappa shape index (κ3) is 126. The largest absolute Gasteiger partial charge is 0.379 e. The monoisotopic (exact) mass is 927 g/mol. The van der Waals surface area contributed by atoms with Crippen molar-refractivity contribution < 1.29 is 56.8 Å². The molecule has 16 nitrogen and oxygen atoms in total. The van der Waals surface area contributed by atoms with Crippen molar-refractivity contribution in [3.05, 3.63) is 14.9 Å². The van der Waals surface area contributed by atoms with E-state index < -0.39 is 0 Å². The minimum atomic E-state index is 0. The molecule has 0 aliphatic rings. The Morgan fingerprint density at radius 2 is 0.302 bits per heavy atom. The molecule has 16 heteroatoms. The first-order valence-corrected chi connectivity index (χ1v) is 23.2. The molecule has 0 aromatic heterocycles. The molecule has 8 N–H and O–H groups in total. The minimum Gasteiger partial charge on any atom is -0.379 e. The Morgan fingerprint density at radius 3 is 0.381 bits per heavy atom. The van der Waals surface area contributed by atoms with E-state index in [2.05, 4.69) is 55.4 Å². The van der Waals surface area contributed by atoms with E-state index >= 15 is 0 Å². The molecule has 0 radical (unpaired) electrons. The molecule has 0 spiro atoms. The zero-order valence-electron chi connectivity index (χ0n) is 42.7. The first-order valence-electron chi connectivity index (χ1n) is 23.2. The number of nitrogens with two attached hydrogens (primary N) is 4. The maximum absolute atomic E-state index is 5.20. The van der Waals surface area contributed by atoms with Gasteiger partial charge in [0.25, 0.3) is 0 Å². The van der Waals surface area contributed by atoms with E-state index in [-0.39, 0.29) is 22.3 Å². The molecule has 63 heavy (non-hydrogen) atoms. The van der Waals surface area contributed by atoms with Gasteiger partial charge in [-0.25, -0.2) is 0 Å². The highest BCUT2D eigenvalue weighted by atomic mass is 16.5. The van der Waals surface area contributed by atoms with Crippen LogP contribution in [0.1, 0.15) is 114 Å². The van der Waals surface area contributed by atoms with Gasteiger partial charge in [0.05, 0.1) is 106 Å². The van der Waals surface area contributed by atoms with Crippen molar-refractivity contribution in [2.75, 3.05) is 185 Å². The van der Waals surface area contributed by atoms with Crippen LogP contribution in [0.25, 0.3) is 0 Å². The lowest BCUT2D eigenvalue weighted by atomic mass is 10.5. The third-order valence-corrected chi connectivity index (χ3v) is 6.07. The van der Waals surface area contributed by atoms with E-state index in [4.69, 9.17) is 79.8 Å². The van der Waals surface area contributed by atoms with E-state index in [1.54, 1.807) is 0 Å². The summed E-state index contributed by atoms with van der Waals surface area (Å²) in [7, 11) is 0. The summed E-state index contributed by atoms with van der Waals surface area (Å²) in [5.41, 5.74) is 20.7. The van der Waals surface area contributed by atoms with E-state index in [9.17, 15) is 0 Å². The van der Waals surface area contributed by atoms with Crippen LogP contribution in [0, 0.1) is 14.9 Å². The fourth-order valence-electron chi connectivity index (χ4n) is 3.42. The molecule has 0 saturated carbocycles. The molecule has 0 aromatic rings. The van der Waals surface area contributed by atoms with Crippen molar-refractivity contribution in [1.29, 1.82) is 0 Å². The summed E-state index contributed by atoms with van der Waals surface area (Å²) in [6.07, 6.45) is 8.73. The summed E-state index contributed by atoms with van der Waals surface area (Å²) in [4.78, 5) is 0. The van der Waals surface area contributed by atoms with E-state index in [0.29, 0.717) is 79.0 Å². The van der Waals surface area contributed by atoms with Gasteiger partial charge in [-0.05, 0) is 51.4 Å². The van der Waals surface area contributed by atoms with Crippen LogP contribution in [0.5, 0.6) is 0 Å². The van der Waals surface area contributed by atoms with Crippen molar-refractivity contribution in [2.24, 2.45) is 22.9 Å². The highest BCUT2D eigenvalue weighted by molar-refractivity contribution is 4.36. The molecular formula is C47H114N4O12. The molecule has 0 saturated heterocycles. The zero-order valence-corrected chi connectivity index (χ0v) is 42.7. The van der Waals surface area contributed by atoms with Crippen LogP contribution in [0.2, 0.25) is 0 Å². The second-order valence-corrected chi connectivity index (χ2v) is 12.5. The number of ether oxygens (including phenoxy) is 12. The number of hydrogen-bond acceptors (Lipinski definition) is 16. The fraction of sp³-hybridized carbons (Fsp3) is 0.957. The second-order valence-electron chi connectivity index (χ2n) is 12.5. The van der Waals surface area contributed by atoms with Gasteiger partial charge >= 0.3 is 0 Å². The normalized spacial score (nSPS) is 9.71. The molecule has 0 atom stereocenters. The predicted molar refractivity (Wildman–Crippen MR) is 268 cm³/mol. The Hall–Kier alpha value is -0.770. The van der Waals surface area contributed by atoms with Crippen molar-refractivity contribution in [3.63, 3.8) is 0 Å². The van der Waals surface area contributed by atoms with Gasteiger partial charge in [-0.1, -0.05) is 62.8 Å². The fourth-order valence-corrected chi connectivity index (χ4v) is 3.42. The average Bonchev–Trinajstić information content (AvgIpc) is 3.27. The molecule has 0 bridgehead atoms. The molecule has 394 valence electrons. The predicted octanol–water partition coefficient (Wildman–Crippen LogP) is 6.77. The summed E-state index contributed by atoms with van der Waals surface area (Å²) in [6.45, 7) is 36.7.